The van der Waals surface area contributed by atoms with Crippen LogP contribution in [0.4, 0.5) is 9.59 Å². The molecule has 0 aliphatic rings. The first-order valence-electron chi connectivity index (χ1n) is 24.4. The Morgan fingerprint density at radius 2 is 0.882 bits per heavy atom. The van der Waals surface area contributed by atoms with Gasteiger partial charge in [0.15, 0.2) is 0 Å². The Morgan fingerprint density at radius 3 is 1.21 bits per heavy atom. The smallest absolute Gasteiger partial charge is 0.417 e. The second-order valence-corrected chi connectivity index (χ2v) is 20.6. The first-order chi connectivity index (χ1) is 31.7. The van der Waals surface area contributed by atoms with Crippen molar-refractivity contribution in [2.24, 2.45) is 29.0 Å². The van der Waals surface area contributed by atoms with Crippen LogP contribution in [0, 0.1) is 11.8 Å². The number of carbonyl (C=O) groups is 6. The summed E-state index contributed by atoms with van der Waals surface area (Å²) < 4.78 is 11.6. The van der Waals surface area contributed by atoms with E-state index in [1.54, 1.807) is 130 Å². The van der Waals surface area contributed by atoms with E-state index in [1.807, 2.05) is 13.8 Å². The van der Waals surface area contributed by atoms with Crippen molar-refractivity contribution in [3.63, 3.8) is 0 Å². The van der Waals surface area contributed by atoms with Gasteiger partial charge in [-0.1, -0.05) is 141 Å². The van der Waals surface area contributed by atoms with E-state index in [4.69, 9.17) is 26.7 Å². The van der Waals surface area contributed by atoms with E-state index in [9.17, 15) is 29.4 Å². The summed E-state index contributed by atoms with van der Waals surface area (Å²) in [6.45, 7) is 19.7. The number of carbonyl (C=O) groups excluding carboxylic acids is 6. The van der Waals surface area contributed by atoms with Gasteiger partial charge in [0.1, 0.15) is 29.4 Å². The summed E-state index contributed by atoms with van der Waals surface area (Å²) in [4.78, 5) is 92.4. The second-order valence-electron chi connectivity index (χ2n) is 20.6. The highest BCUT2D eigenvalue weighted by Crippen LogP contribution is 2.29. The Bertz CT molecular complexity index is 1790. The number of hydrogen-bond acceptors (Lipinski definition) is 13. The van der Waals surface area contributed by atoms with Gasteiger partial charge in [-0.05, 0) is 90.2 Å². The second kappa shape index (κ2) is 27.4. The van der Waals surface area contributed by atoms with Gasteiger partial charge in [0, 0.05) is 6.04 Å². The molecule has 68 heavy (non-hydrogen) atoms. The van der Waals surface area contributed by atoms with Gasteiger partial charge >= 0.3 is 12.2 Å². The number of nitrogens with zero attached hydrogens (tertiary/aromatic N) is 3. The van der Waals surface area contributed by atoms with Gasteiger partial charge in [-0.15, -0.1) is 0 Å². The zero-order valence-electron chi connectivity index (χ0n) is 42.9. The van der Waals surface area contributed by atoms with E-state index in [2.05, 4.69) is 0 Å². The molecule has 0 fully saturated rings. The number of amides is 6. The summed E-state index contributed by atoms with van der Waals surface area (Å²) in [5, 5.41) is 24.2. The zero-order chi connectivity index (χ0) is 51.7. The fourth-order valence-corrected chi connectivity index (χ4v) is 8.02. The number of hydrogen-bond donors (Lipinski definition) is 5. The lowest BCUT2D eigenvalue weighted by Gasteiger charge is -2.44. The lowest BCUT2D eigenvalue weighted by Crippen LogP contribution is -2.68. The molecule has 0 aliphatic carbocycles. The maximum absolute atomic E-state index is 16.0. The first kappa shape index (κ1) is 59.4. The molecule has 0 unspecified atom stereocenters. The third-order valence-corrected chi connectivity index (χ3v) is 11.4. The van der Waals surface area contributed by atoms with Crippen molar-refractivity contribution in [1.82, 2.24) is 14.7 Å². The zero-order valence-corrected chi connectivity index (χ0v) is 42.9. The van der Waals surface area contributed by atoms with Crippen LogP contribution in [0.5, 0.6) is 0 Å². The number of nitrogens with two attached hydrogens (primary N) is 3. The van der Waals surface area contributed by atoms with Crippen LogP contribution in [-0.4, -0.2) is 120 Å². The molecule has 0 saturated carbocycles. The predicted octanol–water partition coefficient (Wildman–Crippen LogP) is 6.64. The highest BCUT2D eigenvalue weighted by atomic mass is 16.6. The normalized spacial score (nSPS) is 15.6. The molecule has 382 valence electrons. The molecule has 0 bridgehead atoms. The highest BCUT2D eigenvalue weighted by molar-refractivity contribution is 6.08. The van der Waals surface area contributed by atoms with Gasteiger partial charge in [-0.3, -0.25) is 24.1 Å². The molecule has 0 heterocycles. The Labute approximate surface area is 405 Å². The minimum atomic E-state index is -1.88. The average molecular weight is 953 g/mol. The fourth-order valence-electron chi connectivity index (χ4n) is 8.02. The number of ether oxygens (including phenoxy) is 2. The summed E-state index contributed by atoms with van der Waals surface area (Å²) in [6, 6.07) is 8.70. The Balaban J connectivity index is 3.11. The molecule has 8 atom stereocenters. The van der Waals surface area contributed by atoms with Crippen molar-refractivity contribution in [3.8, 4) is 0 Å². The van der Waals surface area contributed by atoms with Gasteiger partial charge in [0.05, 0.1) is 24.2 Å². The van der Waals surface area contributed by atoms with Gasteiger partial charge < -0.3 is 36.9 Å². The molecule has 6 amide bonds. The van der Waals surface area contributed by atoms with Crippen molar-refractivity contribution in [1.29, 1.82) is 0 Å². The lowest BCUT2D eigenvalue weighted by atomic mass is 9.89. The van der Waals surface area contributed by atoms with E-state index in [1.165, 1.54) is 0 Å². The van der Waals surface area contributed by atoms with Crippen molar-refractivity contribution < 1.29 is 48.5 Å². The molecule has 16 heteroatoms. The van der Waals surface area contributed by atoms with Crippen molar-refractivity contribution in [3.05, 3.63) is 71.8 Å². The van der Waals surface area contributed by atoms with Gasteiger partial charge in [-0.2, -0.15) is 0 Å². The Hall–Kier alpha value is -4.74. The number of aliphatic hydroxyl groups is 2. The van der Waals surface area contributed by atoms with E-state index in [0.717, 1.165) is 17.7 Å². The van der Waals surface area contributed by atoms with Crippen LogP contribution < -0.4 is 17.2 Å². The van der Waals surface area contributed by atoms with Crippen molar-refractivity contribution in [2.45, 2.75) is 207 Å². The highest BCUT2D eigenvalue weighted by Gasteiger charge is 2.52. The Morgan fingerprint density at radius 1 is 0.529 bits per heavy atom. The van der Waals surface area contributed by atoms with Crippen LogP contribution in [0.15, 0.2) is 60.7 Å². The molecule has 16 nitrogen and oxygen atoms in total. The molecule has 0 aromatic heterocycles. The first-order valence-corrected chi connectivity index (χ1v) is 24.4. The largest absolute Gasteiger partial charge is 0.443 e. The molecule has 2 aromatic rings. The van der Waals surface area contributed by atoms with Gasteiger partial charge in [0.25, 0.3) is 11.8 Å². The maximum Gasteiger partial charge on any atom is 0.417 e. The van der Waals surface area contributed by atoms with Crippen molar-refractivity contribution >= 4 is 35.8 Å². The number of aliphatic hydroxyl groups excluding tert-OH is 2. The van der Waals surface area contributed by atoms with Crippen LogP contribution in [0.25, 0.3) is 0 Å². The lowest BCUT2D eigenvalue weighted by molar-refractivity contribution is -0.166. The molecular formula is C52H84N6O10. The standard InChI is InChI=1S/C52H84N6O10/c1-13-15-19-29-37(53)43(59)44(60)40(30-20-16-14-2)56(47(63)41(33(3)4)57(49(65)67-51(7,8)9)45(61)38(54)31-35-25-21-17-22-26-35)48(64)42(34(5)6)58(50(66)68-52(10,11)12)46(62)39(55)32-36-27-23-18-24-28-36/h17-18,21-28,33-34,37-44,59-60H,13-16,19-20,29-32,53-55H2,1-12H3/t37-,38-,39-,40-,41-,42-,43+,44+/m0/s1. The van der Waals surface area contributed by atoms with E-state index < -0.39 is 107 Å². The Kier molecular flexibility index (Phi) is 24.0. The van der Waals surface area contributed by atoms with Crippen LogP contribution >= 0.6 is 0 Å². The molecule has 8 N–H and O–H groups in total. The predicted molar refractivity (Wildman–Crippen MR) is 264 cm³/mol. The van der Waals surface area contributed by atoms with E-state index in [0.29, 0.717) is 53.0 Å². The number of rotatable bonds is 24. The van der Waals surface area contributed by atoms with Crippen LogP contribution in [0.1, 0.15) is 146 Å². The summed E-state index contributed by atoms with van der Waals surface area (Å²) in [5.74, 6) is -6.15. The van der Waals surface area contributed by atoms with E-state index in [-0.39, 0.29) is 19.3 Å². The maximum atomic E-state index is 16.0. The topological polar surface area (TPSA) is 249 Å². The summed E-state index contributed by atoms with van der Waals surface area (Å²) in [6.07, 6.45) is -1.96. The summed E-state index contributed by atoms with van der Waals surface area (Å²) in [7, 11) is 0. The van der Waals surface area contributed by atoms with E-state index >= 15 is 9.59 Å². The minimum Gasteiger partial charge on any atom is -0.443 e. The molecule has 0 aliphatic heterocycles. The van der Waals surface area contributed by atoms with Gasteiger partial charge in [-0.25, -0.2) is 19.4 Å². The van der Waals surface area contributed by atoms with Crippen molar-refractivity contribution in [2.75, 3.05) is 0 Å². The fraction of sp³-hybridized carbons (Fsp3) is 0.654. The quantitative estimate of drug-likeness (QED) is 0.0694. The SMILES string of the molecule is CCCCC[C@H](N)[C@@H](O)[C@H](O)[C@H](CCCCC)N(C(=O)[C@H](C(C)C)N(C(=O)OC(C)(C)C)C(=O)[C@@H](N)Cc1ccccc1)C(=O)[C@H](C(C)C)N(C(=O)OC(C)(C)C)C(=O)[C@@H](N)Cc1ccccc1. The number of benzene rings is 2. The molecule has 0 spiro atoms. The molecule has 0 radical (unpaired) electrons. The van der Waals surface area contributed by atoms with Crippen LogP contribution in [0.3, 0.4) is 0 Å². The monoisotopic (exact) mass is 953 g/mol. The summed E-state index contributed by atoms with van der Waals surface area (Å²) >= 11 is 0. The van der Waals surface area contributed by atoms with Crippen LogP contribution in [-0.2, 0) is 41.5 Å². The minimum absolute atomic E-state index is 0.0350. The van der Waals surface area contributed by atoms with Crippen LogP contribution in [0.2, 0.25) is 0 Å². The molecule has 2 rings (SSSR count). The molecule has 0 saturated heterocycles. The molecule has 2 aromatic carbocycles. The van der Waals surface area contributed by atoms with Gasteiger partial charge in [0.2, 0.25) is 11.8 Å². The number of imide groups is 3. The average Bonchev–Trinajstić information content (AvgIpc) is 3.24. The third kappa shape index (κ3) is 18.0. The number of unbranched alkanes of at least 4 members (excludes halogenated alkanes) is 4. The molecular weight excluding hydrogens is 869 g/mol. The summed E-state index contributed by atoms with van der Waals surface area (Å²) in [5.41, 5.74) is 18.7. The third-order valence-electron chi connectivity index (χ3n) is 11.4.